The Morgan fingerprint density at radius 2 is 1.95 bits per heavy atom. The molecular weight excluding hydrogens is 284 g/mol. The smallest absolute Gasteiger partial charge is 0.357 e. The second-order valence-corrected chi connectivity index (χ2v) is 5.96. The van der Waals surface area contributed by atoms with Crippen LogP contribution in [0.2, 0.25) is 0 Å². The van der Waals surface area contributed by atoms with Crippen molar-refractivity contribution in [2.45, 2.75) is 13.8 Å². The van der Waals surface area contributed by atoms with Gasteiger partial charge in [0.25, 0.3) is 0 Å². The van der Waals surface area contributed by atoms with E-state index >= 15 is 0 Å². The Morgan fingerprint density at radius 3 is 2.71 bits per heavy atom. The topological polar surface area (TPSA) is 52.1 Å². The highest BCUT2D eigenvalue weighted by Gasteiger charge is 2.17. The monoisotopic (exact) mass is 298 g/mol. The summed E-state index contributed by atoms with van der Waals surface area (Å²) in [7, 11) is 1.36. The Kier molecular flexibility index (Phi) is 3.43. The normalized spacial score (nSPS) is 10.8. The van der Waals surface area contributed by atoms with Crippen LogP contribution in [0, 0.1) is 13.8 Å². The number of pyridine rings is 1. The molecule has 0 unspecified atom stereocenters. The average Bonchev–Trinajstić information content (AvgIpc) is 2.88. The Bertz CT molecular complexity index is 839. The molecule has 5 heteroatoms. The van der Waals surface area contributed by atoms with Gasteiger partial charge in [0.05, 0.1) is 18.3 Å². The molecule has 0 saturated carbocycles. The first-order chi connectivity index (χ1) is 10.1. The molecule has 3 aromatic rings. The molecule has 0 saturated heterocycles. The fourth-order valence-corrected chi connectivity index (χ4v) is 3.11. The minimum atomic E-state index is -0.410. The summed E-state index contributed by atoms with van der Waals surface area (Å²) in [5.41, 5.74) is 3.22. The molecule has 0 aliphatic rings. The van der Waals surface area contributed by atoms with Crippen molar-refractivity contribution < 1.29 is 9.53 Å². The zero-order chi connectivity index (χ0) is 15.0. The van der Waals surface area contributed by atoms with Crippen LogP contribution >= 0.6 is 11.3 Å². The van der Waals surface area contributed by atoms with E-state index in [0.717, 1.165) is 32.0 Å². The number of benzene rings is 1. The molecule has 0 aliphatic heterocycles. The van der Waals surface area contributed by atoms with Crippen molar-refractivity contribution in [1.29, 1.82) is 0 Å². The maximum absolute atomic E-state index is 11.7. The lowest BCUT2D eigenvalue weighted by Gasteiger charge is -2.04. The van der Waals surface area contributed by atoms with E-state index in [0.29, 0.717) is 5.69 Å². The van der Waals surface area contributed by atoms with Crippen LogP contribution in [0.3, 0.4) is 0 Å². The number of hydrogen-bond acceptors (Lipinski definition) is 5. The van der Waals surface area contributed by atoms with Gasteiger partial charge in [-0.25, -0.2) is 14.8 Å². The summed E-state index contributed by atoms with van der Waals surface area (Å²) in [4.78, 5) is 21.5. The number of carbonyl (C=O) groups is 1. The molecular formula is C16H14N2O2S. The second kappa shape index (κ2) is 5.26. The molecule has 1 aromatic carbocycles. The summed E-state index contributed by atoms with van der Waals surface area (Å²) < 4.78 is 4.75. The van der Waals surface area contributed by atoms with Gasteiger partial charge in [0.1, 0.15) is 5.01 Å². The highest BCUT2D eigenvalue weighted by molar-refractivity contribution is 7.15. The van der Waals surface area contributed by atoms with Crippen LogP contribution in [-0.4, -0.2) is 23.0 Å². The maximum Gasteiger partial charge on any atom is 0.357 e. The van der Waals surface area contributed by atoms with E-state index in [2.05, 4.69) is 23.0 Å². The first kappa shape index (κ1) is 13.7. The highest BCUT2D eigenvalue weighted by Crippen LogP contribution is 2.29. The van der Waals surface area contributed by atoms with E-state index in [1.807, 2.05) is 31.2 Å². The van der Waals surface area contributed by atoms with Gasteiger partial charge in [0.2, 0.25) is 0 Å². The average molecular weight is 298 g/mol. The van der Waals surface area contributed by atoms with Gasteiger partial charge in [0.15, 0.2) is 5.69 Å². The molecule has 0 spiro atoms. The van der Waals surface area contributed by atoms with Gasteiger partial charge in [-0.2, -0.15) is 0 Å². The molecule has 3 rings (SSSR count). The molecule has 0 aliphatic carbocycles. The van der Waals surface area contributed by atoms with Crippen molar-refractivity contribution in [3.05, 3.63) is 46.5 Å². The van der Waals surface area contributed by atoms with Crippen LogP contribution in [0.1, 0.15) is 20.9 Å². The Hall–Kier alpha value is -2.27. The summed E-state index contributed by atoms with van der Waals surface area (Å²) in [5.74, 6) is -0.410. The summed E-state index contributed by atoms with van der Waals surface area (Å²) in [6.45, 7) is 3.91. The van der Waals surface area contributed by atoms with Crippen molar-refractivity contribution >= 4 is 28.2 Å². The van der Waals surface area contributed by atoms with Crippen LogP contribution in [0.25, 0.3) is 21.6 Å². The van der Waals surface area contributed by atoms with Crippen LogP contribution < -0.4 is 0 Å². The quantitative estimate of drug-likeness (QED) is 0.676. The zero-order valence-corrected chi connectivity index (χ0v) is 12.8. The number of esters is 1. The summed E-state index contributed by atoms with van der Waals surface area (Å²) in [6, 6.07) is 9.99. The molecule has 0 fully saturated rings. The van der Waals surface area contributed by atoms with Crippen molar-refractivity contribution in [3.8, 4) is 10.7 Å². The van der Waals surface area contributed by atoms with E-state index in [-0.39, 0.29) is 0 Å². The van der Waals surface area contributed by atoms with Gasteiger partial charge in [-0.1, -0.05) is 18.2 Å². The number of aromatic nitrogens is 2. The Balaban J connectivity index is 2.15. The fraction of sp³-hybridized carbons (Fsp3) is 0.188. The Morgan fingerprint density at radius 1 is 1.19 bits per heavy atom. The molecule has 0 amide bonds. The van der Waals surface area contributed by atoms with Gasteiger partial charge in [-0.3, -0.25) is 0 Å². The molecule has 2 aromatic heterocycles. The first-order valence-corrected chi connectivity index (χ1v) is 7.34. The SMILES string of the molecule is COC(=O)c1nc(-c2cc(C)c3ccccc3n2)sc1C. The number of fused-ring (bicyclic) bond motifs is 1. The summed E-state index contributed by atoms with van der Waals surface area (Å²) >= 11 is 1.45. The number of nitrogens with zero attached hydrogens (tertiary/aromatic N) is 2. The number of carbonyl (C=O) groups excluding carboxylic acids is 1. The lowest BCUT2D eigenvalue weighted by Crippen LogP contribution is -2.03. The predicted octanol–water partition coefficient (Wildman–Crippen LogP) is 3.76. The van der Waals surface area contributed by atoms with E-state index in [1.165, 1.54) is 18.4 Å². The molecule has 4 nitrogen and oxygen atoms in total. The van der Waals surface area contributed by atoms with Gasteiger partial charge < -0.3 is 4.74 Å². The molecule has 0 N–H and O–H groups in total. The van der Waals surface area contributed by atoms with Crippen molar-refractivity contribution in [2.24, 2.45) is 0 Å². The zero-order valence-electron chi connectivity index (χ0n) is 12.0. The van der Waals surface area contributed by atoms with Gasteiger partial charge in [-0.05, 0) is 31.5 Å². The number of thiazole rings is 1. The summed E-state index contributed by atoms with van der Waals surface area (Å²) in [5, 5.41) is 1.87. The molecule has 0 atom stereocenters. The number of para-hydroxylation sites is 1. The largest absolute Gasteiger partial charge is 0.464 e. The van der Waals surface area contributed by atoms with Crippen LogP contribution in [0.4, 0.5) is 0 Å². The Labute approximate surface area is 126 Å². The third kappa shape index (κ3) is 2.40. The minimum Gasteiger partial charge on any atom is -0.464 e. The van der Waals surface area contributed by atoms with Crippen LogP contribution in [-0.2, 0) is 4.74 Å². The fourth-order valence-electron chi connectivity index (χ4n) is 2.25. The standard InChI is InChI=1S/C16H14N2O2S/c1-9-8-13(17-12-7-5-4-6-11(9)12)15-18-14(10(2)21-15)16(19)20-3/h4-8H,1-3H3. The van der Waals surface area contributed by atoms with E-state index in [9.17, 15) is 4.79 Å². The van der Waals surface area contributed by atoms with Gasteiger partial charge in [-0.15, -0.1) is 11.3 Å². The lowest BCUT2D eigenvalue weighted by atomic mass is 10.1. The van der Waals surface area contributed by atoms with E-state index < -0.39 is 5.97 Å². The number of rotatable bonds is 2. The van der Waals surface area contributed by atoms with Crippen molar-refractivity contribution in [3.63, 3.8) is 0 Å². The number of ether oxygens (including phenoxy) is 1. The molecule has 21 heavy (non-hydrogen) atoms. The molecule has 0 bridgehead atoms. The third-order valence-corrected chi connectivity index (χ3v) is 4.31. The molecule has 0 radical (unpaired) electrons. The summed E-state index contributed by atoms with van der Waals surface area (Å²) in [6.07, 6.45) is 0. The van der Waals surface area contributed by atoms with Gasteiger partial charge >= 0.3 is 5.97 Å². The lowest BCUT2D eigenvalue weighted by molar-refractivity contribution is 0.0594. The van der Waals surface area contributed by atoms with E-state index in [1.54, 1.807) is 0 Å². The van der Waals surface area contributed by atoms with Gasteiger partial charge in [0, 0.05) is 10.3 Å². The molecule has 106 valence electrons. The maximum atomic E-state index is 11.7. The predicted molar refractivity (Wildman–Crippen MR) is 83.7 cm³/mol. The first-order valence-electron chi connectivity index (χ1n) is 6.52. The van der Waals surface area contributed by atoms with Crippen molar-refractivity contribution in [2.75, 3.05) is 7.11 Å². The number of aryl methyl sites for hydroxylation is 2. The second-order valence-electron chi connectivity index (χ2n) is 4.76. The third-order valence-electron chi connectivity index (χ3n) is 3.32. The van der Waals surface area contributed by atoms with Crippen molar-refractivity contribution in [1.82, 2.24) is 9.97 Å². The highest BCUT2D eigenvalue weighted by atomic mass is 32.1. The number of hydrogen-bond donors (Lipinski definition) is 0. The molecule has 2 heterocycles. The number of methoxy groups -OCH3 is 1. The van der Waals surface area contributed by atoms with Crippen LogP contribution in [0.5, 0.6) is 0 Å². The van der Waals surface area contributed by atoms with E-state index in [4.69, 9.17) is 4.74 Å². The van der Waals surface area contributed by atoms with Crippen LogP contribution in [0.15, 0.2) is 30.3 Å². The minimum absolute atomic E-state index is 0.366.